The van der Waals surface area contributed by atoms with Gasteiger partial charge < -0.3 is 9.88 Å². The Balaban J connectivity index is 1.94. The van der Waals surface area contributed by atoms with E-state index >= 15 is 0 Å². The summed E-state index contributed by atoms with van der Waals surface area (Å²) < 4.78 is 41.7. The lowest BCUT2D eigenvalue weighted by molar-refractivity contribution is -0.137. The Kier molecular flexibility index (Phi) is 5.46. The first-order valence-corrected chi connectivity index (χ1v) is 8.85. The van der Waals surface area contributed by atoms with E-state index in [0.29, 0.717) is 22.6 Å². The molecule has 148 valence electrons. The summed E-state index contributed by atoms with van der Waals surface area (Å²) in [6.45, 7) is 3.28. The highest BCUT2D eigenvalue weighted by atomic mass is 19.4. The summed E-state index contributed by atoms with van der Waals surface area (Å²) in [7, 11) is 0. The van der Waals surface area contributed by atoms with Gasteiger partial charge in [-0.15, -0.1) is 0 Å². The van der Waals surface area contributed by atoms with Gasteiger partial charge in [-0.25, -0.2) is 0 Å². The number of carbonyl (C=O) groups excluding carboxylic acids is 1. The van der Waals surface area contributed by atoms with Crippen LogP contribution in [0.25, 0.3) is 5.69 Å². The molecular weight excluding hydrogens is 379 g/mol. The molecular formula is C22H18F3N3O. The number of hydrogen-bond acceptors (Lipinski definition) is 2. The SMILES string of the molecule is Cc1cc(C(=O)Nc2ccc(CC#N)cc2)c(C)n1-c1ccccc1C(F)(F)F. The van der Waals surface area contributed by atoms with Gasteiger partial charge in [0.2, 0.25) is 0 Å². The number of benzene rings is 2. The number of anilines is 1. The number of rotatable bonds is 4. The van der Waals surface area contributed by atoms with Gasteiger partial charge in [0.25, 0.3) is 5.91 Å². The van der Waals surface area contributed by atoms with E-state index in [-0.39, 0.29) is 12.1 Å². The van der Waals surface area contributed by atoms with Crippen molar-refractivity contribution in [2.75, 3.05) is 5.32 Å². The van der Waals surface area contributed by atoms with Gasteiger partial charge in [-0.3, -0.25) is 4.79 Å². The number of nitrogens with zero attached hydrogens (tertiary/aromatic N) is 2. The van der Waals surface area contributed by atoms with Crippen LogP contribution in [0.5, 0.6) is 0 Å². The number of carbonyl (C=O) groups is 1. The Labute approximate surface area is 166 Å². The second-order valence-corrected chi connectivity index (χ2v) is 6.62. The molecule has 0 fully saturated rings. The lowest BCUT2D eigenvalue weighted by Gasteiger charge is -2.16. The van der Waals surface area contributed by atoms with E-state index in [1.807, 2.05) is 6.07 Å². The predicted molar refractivity (Wildman–Crippen MR) is 104 cm³/mol. The van der Waals surface area contributed by atoms with Gasteiger partial charge in [0.05, 0.1) is 29.3 Å². The van der Waals surface area contributed by atoms with Crippen LogP contribution in [0.1, 0.15) is 32.9 Å². The van der Waals surface area contributed by atoms with Crippen LogP contribution in [0.15, 0.2) is 54.6 Å². The summed E-state index contributed by atoms with van der Waals surface area (Å²) in [5, 5.41) is 11.5. The van der Waals surface area contributed by atoms with Crippen LogP contribution in [0.4, 0.5) is 18.9 Å². The van der Waals surface area contributed by atoms with Crippen molar-refractivity contribution in [1.29, 1.82) is 5.26 Å². The first-order valence-electron chi connectivity index (χ1n) is 8.85. The molecule has 29 heavy (non-hydrogen) atoms. The highest BCUT2D eigenvalue weighted by molar-refractivity contribution is 6.05. The average Bonchev–Trinajstić information content (AvgIpc) is 2.97. The highest BCUT2D eigenvalue weighted by Crippen LogP contribution is 2.35. The average molecular weight is 397 g/mol. The van der Waals surface area contributed by atoms with Crippen molar-refractivity contribution in [2.45, 2.75) is 26.4 Å². The molecule has 1 amide bonds. The molecule has 0 radical (unpaired) electrons. The third-order valence-electron chi connectivity index (χ3n) is 4.62. The van der Waals surface area contributed by atoms with Crippen molar-refractivity contribution in [3.05, 3.63) is 82.7 Å². The Bertz CT molecular complexity index is 1090. The summed E-state index contributed by atoms with van der Waals surface area (Å²) in [5.74, 6) is -0.415. The quantitative estimate of drug-likeness (QED) is 0.638. The molecule has 3 aromatic rings. The van der Waals surface area contributed by atoms with Crippen LogP contribution < -0.4 is 5.32 Å². The molecule has 1 aromatic heterocycles. The second-order valence-electron chi connectivity index (χ2n) is 6.62. The van der Waals surface area contributed by atoms with Crippen LogP contribution in [0, 0.1) is 25.2 Å². The molecule has 1 N–H and O–H groups in total. The minimum Gasteiger partial charge on any atom is -0.322 e. The van der Waals surface area contributed by atoms with Crippen molar-refractivity contribution in [3.63, 3.8) is 0 Å². The van der Waals surface area contributed by atoms with Gasteiger partial charge in [-0.2, -0.15) is 18.4 Å². The number of para-hydroxylation sites is 1. The van der Waals surface area contributed by atoms with Gasteiger partial charge >= 0.3 is 6.18 Å². The molecule has 4 nitrogen and oxygen atoms in total. The molecule has 1 heterocycles. The molecule has 7 heteroatoms. The smallest absolute Gasteiger partial charge is 0.322 e. The summed E-state index contributed by atoms with van der Waals surface area (Å²) in [6, 6.07) is 15.7. The second kappa shape index (κ2) is 7.84. The third-order valence-corrected chi connectivity index (χ3v) is 4.62. The molecule has 2 aromatic carbocycles. The first-order chi connectivity index (χ1) is 13.7. The van der Waals surface area contributed by atoms with Crippen LogP contribution in [-0.4, -0.2) is 10.5 Å². The van der Waals surface area contributed by atoms with E-state index in [1.54, 1.807) is 44.2 Å². The van der Waals surface area contributed by atoms with Crippen LogP contribution in [0.2, 0.25) is 0 Å². The standard InChI is InChI=1S/C22H18F3N3O/c1-14-13-18(21(29)27-17-9-7-16(8-10-17)11-12-26)15(2)28(14)20-6-4-3-5-19(20)22(23,24)25/h3-10,13H,11H2,1-2H3,(H,27,29). The molecule has 0 aliphatic rings. The Morgan fingerprint density at radius 2 is 1.76 bits per heavy atom. The highest BCUT2D eigenvalue weighted by Gasteiger charge is 2.34. The molecule has 0 aliphatic carbocycles. The molecule has 0 saturated carbocycles. The predicted octanol–water partition coefficient (Wildman–Crippen LogP) is 5.43. The van der Waals surface area contributed by atoms with Gasteiger partial charge in [-0.05, 0) is 49.7 Å². The van der Waals surface area contributed by atoms with Crippen LogP contribution in [-0.2, 0) is 12.6 Å². The number of aryl methyl sites for hydroxylation is 1. The maximum Gasteiger partial charge on any atom is 0.418 e. The monoisotopic (exact) mass is 397 g/mol. The number of amides is 1. The third kappa shape index (κ3) is 4.16. The number of aromatic nitrogens is 1. The van der Waals surface area contributed by atoms with Crippen molar-refractivity contribution in [3.8, 4) is 11.8 Å². The summed E-state index contributed by atoms with van der Waals surface area (Å²) in [6.07, 6.45) is -4.23. The number of nitrogens with one attached hydrogen (secondary N) is 1. The van der Waals surface area contributed by atoms with E-state index in [0.717, 1.165) is 11.6 Å². The number of hydrogen-bond donors (Lipinski definition) is 1. The molecule has 0 unspecified atom stereocenters. The van der Waals surface area contributed by atoms with E-state index in [4.69, 9.17) is 5.26 Å². The fraction of sp³-hybridized carbons (Fsp3) is 0.182. The van der Waals surface area contributed by atoms with E-state index < -0.39 is 17.6 Å². The van der Waals surface area contributed by atoms with Crippen LogP contribution in [0.3, 0.4) is 0 Å². The van der Waals surface area contributed by atoms with E-state index in [9.17, 15) is 18.0 Å². The zero-order valence-corrected chi connectivity index (χ0v) is 15.8. The molecule has 0 aliphatic heterocycles. The maximum absolute atomic E-state index is 13.4. The van der Waals surface area contributed by atoms with Gasteiger partial charge in [0, 0.05) is 17.1 Å². The lowest BCUT2D eigenvalue weighted by Crippen LogP contribution is -2.15. The van der Waals surface area contributed by atoms with Crippen molar-refractivity contribution < 1.29 is 18.0 Å². The topological polar surface area (TPSA) is 57.8 Å². The molecule has 0 atom stereocenters. The lowest BCUT2D eigenvalue weighted by atomic mass is 10.1. The minimum absolute atomic E-state index is 0.0186. The fourth-order valence-corrected chi connectivity index (χ4v) is 3.27. The van der Waals surface area contributed by atoms with E-state index in [2.05, 4.69) is 5.32 Å². The Morgan fingerprint density at radius 1 is 1.10 bits per heavy atom. The van der Waals surface area contributed by atoms with Gasteiger partial charge in [0.15, 0.2) is 0 Å². The molecule has 3 rings (SSSR count). The van der Waals surface area contributed by atoms with Crippen molar-refractivity contribution in [1.82, 2.24) is 4.57 Å². The molecule has 0 bridgehead atoms. The summed E-state index contributed by atoms with van der Waals surface area (Å²) in [4.78, 5) is 12.7. The zero-order valence-electron chi connectivity index (χ0n) is 15.8. The number of halogens is 3. The van der Waals surface area contributed by atoms with E-state index in [1.165, 1.54) is 22.8 Å². The van der Waals surface area contributed by atoms with Crippen molar-refractivity contribution in [2.24, 2.45) is 0 Å². The van der Waals surface area contributed by atoms with Crippen molar-refractivity contribution >= 4 is 11.6 Å². The maximum atomic E-state index is 13.4. The Morgan fingerprint density at radius 3 is 2.38 bits per heavy atom. The summed E-state index contributed by atoms with van der Waals surface area (Å²) >= 11 is 0. The van der Waals surface area contributed by atoms with Gasteiger partial charge in [-0.1, -0.05) is 24.3 Å². The Hall–Kier alpha value is -3.53. The minimum atomic E-state index is -4.51. The van der Waals surface area contributed by atoms with Crippen LogP contribution >= 0.6 is 0 Å². The van der Waals surface area contributed by atoms with Gasteiger partial charge in [0.1, 0.15) is 0 Å². The molecule has 0 spiro atoms. The number of alkyl halides is 3. The first kappa shape index (κ1) is 20.2. The number of nitriles is 1. The zero-order chi connectivity index (χ0) is 21.2. The fourth-order valence-electron chi connectivity index (χ4n) is 3.27. The normalized spacial score (nSPS) is 11.2. The largest absolute Gasteiger partial charge is 0.418 e. The summed E-state index contributed by atoms with van der Waals surface area (Å²) in [5.41, 5.74) is 1.81. The molecule has 0 saturated heterocycles.